The summed E-state index contributed by atoms with van der Waals surface area (Å²) in [5.74, 6) is -0.632. The molecule has 2 heterocycles. The number of carbonyl (C=O) groups is 3. The summed E-state index contributed by atoms with van der Waals surface area (Å²) in [5, 5.41) is 5.43. The number of pyridine rings is 1. The van der Waals surface area contributed by atoms with Crippen molar-refractivity contribution >= 4 is 29.1 Å². The van der Waals surface area contributed by atoms with Crippen molar-refractivity contribution in [3.05, 3.63) is 53.9 Å². The van der Waals surface area contributed by atoms with Gasteiger partial charge in [-0.25, -0.2) is 0 Å². The van der Waals surface area contributed by atoms with Crippen LogP contribution in [0.5, 0.6) is 0 Å². The number of hydrogen-bond acceptors (Lipinski definition) is 5. The number of aromatic nitrogens is 1. The zero-order valence-corrected chi connectivity index (χ0v) is 15.9. The second-order valence-corrected chi connectivity index (χ2v) is 6.77. The summed E-state index contributed by atoms with van der Waals surface area (Å²) in [6.45, 7) is 4.40. The molecule has 1 aromatic heterocycles. The monoisotopic (exact) mass is 381 g/mol. The summed E-state index contributed by atoms with van der Waals surface area (Å²) in [7, 11) is 2.02. The number of likely N-dealkylation sites (N-methyl/N-ethyl adjacent to an activating group) is 1. The number of nitrogens with one attached hydrogen (secondary N) is 2. The van der Waals surface area contributed by atoms with Crippen molar-refractivity contribution in [1.82, 2.24) is 14.8 Å². The maximum atomic E-state index is 12.7. The minimum Gasteiger partial charge on any atom is -0.336 e. The average molecular weight is 381 g/mol. The van der Waals surface area contributed by atoms with Gasteiger partial charge in [-0.05, 0) is 37.4 Å². The van der Waals surface area contributed by atoms with Crippen LogP contribution >= 0.6 is 0 Å². The number of carbonyl (C=O) groups excluding carboxylic acids is 3. The fraction of sp³-hybridized carbons (Fsp3) is 0.300. The van der Waals surface area contributed by atoms with Crippen LogP contribution in [0.4, 0.5) is 11.4 Å². The number of hydrogen-bond donors (Lipinski definition) is 2. The molecule has 146 valence electrons. The van der Waals surface area contributed by atoms with E-state index in [0.29, 0.717) is 35.6 Å². The standard InChI is InChI=1S/C20H23N5O3/c1-14(26)22-17-3-5-18(6-4-17)23-19(27)15-11-16(13-21-12-15)20(28)25-9-7-24(2)8-10-25/h3-6,11-13H,7-10H2,1-2H3,(H,22,26)(H,23,27). The van der Waals surface area contributed by atoms with Crippen LogP contribution in [-0.4, -0.2) is 65.7 Å². The van der Waals surface area contributed by atoms with Crippen LogP contribution in [0.3, 0.4) is 0 Å². The molecule has 8 nitrogen and oxygen atoms in total. The van der Waals surface area contributed by atoms with E-state index in [1.54, 1.807) is 35.2 Å². The highest BCUT2D eigenvalue weighted by Crippen LogP contribution is 2.15. The molecule has 0 spiro atoms. The van der Waals surface area contributed by atoms with Crippen LogP contribution in [-0.2, 0) is 4.79 Å². The Labute approximate surface area is 163 Å². The van der Waals surface area contributed by atoms with Crippen LogP contribution < -0.4 is 10.6 Å². The molecule has 3 amide bonds. The van der Waals surface area contributed by atoms with Crippen molar-refractivity contribution in [3.8, 4) is 0 Å². The Morgan fingerprint density at radius 2 is 1.46 bits per heavy atom. The predicted molar refractivity (Wildman–Crippen MR) is 106 cm³/mol. The Hall–Kier alpha value is -3.26. The lowest BCUT2D eigenvalue weighted by Crippen LogP contribution is -2.47. The molecule has 0 atom stereocenters. The first kappa shape index (κ1) is 19.5. The van der Waals surface area contributed by atoms with Gasteiger partial charge in [-0.15, -0.1) is 0 Å². The van der Waals surface area contributed by atoms with Gasteiger partial charge in [0.1, 0.15) is 0 Å². The van der Waals surface area contributed by atoms with Gasteiger partial charge in [0, 0.05) is 56.9 Å². The van der Waals surface area contributed by atoms with E-state index >= 15 is 0 Å². The number of benzene rings is 1. The van der Waals surface area contributed by atoms with Gasteiger partial charge in [-0.1, -0.05) is 0 Å². The molecule has 1 saturated heterocycles. The maximum Gasteiger partial charge on any atom is 0.257 e. The molecule has 0 unspecified atom stereocenters. The molecular weight excluding hydrogens is 358 g/mol. The van der Waals surface area contributed by atoms with Gasteiger partial charge in [0.25, 0.3) is 11.8 Å². The van der Waals surface area contributed by atoms with E-state index in [1.165, 1.54) is 19.3 Å². The largest absolute Gasteiger partial charge is 0.336 e. The van der Waals surface area contributed by atoms with Crippen molar-refractivity contribution in [2.24, 2.45) is 0 Å². The topological polar surface area (TPSA) is 94.6 Å². The lowest BCUT2D eigenvalue weighted by Gasteiger charge is -2.32. The number of amides is 3. The molecule has 1 aliphatic heterocycles. The number of piperazine rings is 1. The van der Waals surface area contributed by atoms with Gasteiger partial charge in [0.05, 0.1) is 11.1 Å². The van der Waals surface area contributed by atoms with Crippen molar-refractivity contribution in [2.75, 3.05) is 43.9 Å². The number of anilines is 2. The highest BCUT2D eigenvalue weighted by Gasteiger charge is 2.21. The van der Waals surface area contributed by atoms with Gasteiger partial charge in [-0.2, -0.15) is 0 Å². The summed E-state index contributed by atoms with van der Waals surface area (Å²) in [4.78, 5) is 44.2. The van der Waals surface area contributed by atoms with Crippen LogP contribution in [0.25, 0.3) is 0 Å². The van der Waals surface area contributed by atoms with Gasteiger partial charge in [0.15, 0.2) is 0 Å². The van der Waals surface area contributed by atoms with E-state index in [9.17, 15) is 14.4 Å². The number of rotatable bonds is 4. The van der Waals surface area contributed by atoms with E-state index in [2.05, 4.69) is 20.5 Å². The van der Waals surface area contributed by atoms with Crippen molar-refractivity contribution < 1.29 is 14.4 Å². The van der Waals surface area contributed by atoms with E-state index in [-0.39, 0.29) is 17.7 Å². The highest BCUT2D eigenvalue weighted by molar-refractivity contribution is 6.06. The van der Waals surface area contributed by atoms with Crippen molar-refractivity contribution in [1.29, 1.82) is 0 Å². The third kappa shape index (κ3) is 4.92. The van der Waals surface area contributed by atoms with Gasteiger partial charge in [0.2, 0.25) is 5.91 Å². The molecule has 8 heteroatoms. The average Bonchev–Trinajstić information content (AvgIpc) is 2.69. The zero-order valence-electron chi connectivity index (χ0n) is 15.9. The molecule has 1 fully saturated rings. The Morgan fingerprint density at radius 1 is 0.893 bits per heavy atom. The molecular formula is C20H23N5O3. The zero-order chi connectivity index (χ0) is 20.1. The summed E-state index contributed by atoms with van der Waals surface area (Å²) in [5.41, 5.74) is 1.94. The summed E-state index contributed by atoms with van der Waals surface area (Å²) in [6.07, 6.45) is 2.92. The van der Waals surface area contributed by atoms with E-state index in [4.69, 9.17) is 0 Å². The smallest absolute Gasteiger partial charge is 0.257 e. The third-order valence-electron chi connectivity index (χ3n) is 4.50. The minimum absolute atomic E-state index is 0.116. The molecule has 2 aromatic rings. The fourth-order valence-corrected chi connectivity index (χ4v) is 2.92. The van der Waals surface area contributed by atoms with Gasteiger partial charge >= 0.3 is 0 Å². The van der Waals surface area contributed by atoms with E-state index in [0.717, 1.165) is 13.1 Å². The molecule has 28 heavy (non-hydrogen) atoms. The number of nitrogens with zero attached hydrogens (tertiary/aromatic N) is 3. The second kappa shape index (κ2) is 8.62. The van der Waals surface area contributed by atoms with Crippen LogP contribution in [0.15, 0.2) is 42.7 Å². The first-order valence-corrected chi connectivity index (χ1v) is 9.04. The third-order valence-corrected chi connectivity index (χ3v) is 4.50. The Balaban J connectivity index is 1.66. The minimum atomic E-state index is -0.354. The van der Waals surface area contributed by atoms with Crippen LogP contribution in [0.2, 0.25) is 0 Å². The van der Waals surface area contributed by atoms with Crippen LogP contribution in [0.1, 0.15) is 27.6 Å². The Kier molecular flexibility index (Phi) is 6.00. The summed E-state index contributed by atoms with van der Waals surface area (Å²) in [6, 6.07) is 8.34. The molecule has 0 aliphatic carbocycles. The maximum absolute atomic E-state index is 12.7. The predicted octanol–water partition coefficient (Wildman–Crippen LogP) is 1.68. The molecule has 0 radical (unpaired) electrons. The molecule has 0 bridgehead atoms. The quantitative estimate of drug-likeness (QED) is 0.840. The fourth-order valence-electron chi connectivity index (χ4n) is 2.92. The molecule has 2 N–H and O–H groups in total. The van der Waals surface area contributed by atoms with Crippen molar-refractivity contribution in [3.63, 3.8) is 0 Å². The van der Waals surface area contributed by atoms with Crippen LogP contribution in [0, 0.1) is 0 Å². The van der Waals surface area contributed by atoms with E-state index in [1.807, 2.05) is 7.05 Å². The lowest BCUT2D eigenvalue weighted by atomic mass is 10.1. The van der Waals surface area contributed by atoms with Gasteiger partial charge in [-0.3, -0.25) is 19.4 Å². The Morgan fingerprint density at radius 3 is 2.07 bits per heavy atom. The first-order chi connectivity index (χ1) is 13.4. The SMILES string of the molecule is CC(=O)Nc1ccc(NC(=O)c2cncc(C(=O)N3CCN(C)CC3)c2)cc1. The normalized spacial score (nSPS) is 14.4. The summed E-state index contributed by atoms with van der Waals surface area (Å²) < 4.78 is 0. The van der Waals surface area contributed by atoms with Crippen molar-refractivity contribution in [2.45, 2.75) is 6.92 Å². The molecule has 3 rings (SSSR count). The van der Waals surface area contributed by atoms with Gasteiger partial charge < -0.3 is 20.4 Å². The Bertz CT molecular complexity index is 874. The summed E-state index contributed by atoms with van der Waals surface area (Å²) >= 11 is 0. The molecule has 0 saturated carbocycles. The highest BCUT2D eigenvalue weighted by atomic mass is 16.2. The molecule has 1 aromatic carbocycles. The molecule has 1 aliphatic rings. The first-order valence-electron chi connectivity index (χ1n) is 9.04. The lowest BCUT2D eigenvalue weighted by molar-refractivity contribution is -0.114. The van der Waals surface area contributed by atoms with E-state index < -0.39 is 0 Å². The second-order valence-electron chi connectivity index (χ2n) is 6.77.